The van der Waals surface area contributed by atoms with E-state index >= 15 is 0 Å². The zero-order chi connectivity index (χ0) is 42.6. The Bertz CT molecular complexity index is 2940. The van der Waals surface area contributed by atoms with Gasteiger partial charge in [0.25, 0.3) is 25.8 Å². The molecule has 0 amide bonds. The summed E-state index contributed by atoms with van der Waals surface area (Å²) in [4.78, 5) is 1.93. The predicted octanol–water partition coefficient (Wildman–Crippen LogP) is 10.6. The first-order valence-electron chi connectivity index (χ1n) is 20.1. The van der Waals surface area contributed by atoms with Crippen LogP contribution < -0.4 is 14.2 Å². The largest absolute Gasteiger partial charge is 0.439 e. The summed E-state index contributed by atoms with van der Waals surface area (Å²) in [6.07, 6.45) is 4.45. The molecule has 2 N–H and O–H groups in total. The molecule has 0 saturated heterocycles. The number of benzene rings is 6. The Hall–Kier alpha value is -6.31. The Labute approximate surface area is 356 Å². The van der Waals surface area contributed by atoms with Crippen molar-refractivity contribution in [1.29, 1.82) is 0 Å². The molecule has 12 heteroatoms. The van der Waals surface area contributed by atoms with Crippen LogP contribution in [0.3, 0.4) is 0 Å². The molecule has 1 aliphatic rings. The number of aromatic nitrogens is 1. The number of nitrogens with zero attached hydrogens (tertiary/aromatic N) is 2. The number of oxazole rings is 1. The van der Waals surface area contributed by atoms with Gasteiger partial charge in [-0.05, 0) is 70.0 Å². The molecule has 0 radical (unpaired) electrons. The van der Waals surface area contributed by atoms with Gasteiger partial charge in [-0.2, -0.15) is 21.4 Å². The van der Waals surface area contributed by atoms with Crippen molar-refractivity contribution in [3.63, 3.8) is 0 Å². The third-order valence-electron chi connectivity index (χ3n) is 11.0. The second-order valence-electron chi connectivity index (χ2n) is 14.9. The van der Waals surface area contributed by atoms with Gasteiger partial charge in [0.15, 0.2) is 12.3 Å². The minimum atomic E-state index is -4.47. The van der Waals surface area contributed by atoms with E-state index < -0.39 is 30.7 Å². The van der Waals surface area contributed by atoms with Crippen LogP contribution in [0, 0.1) is 0 Å². The summed E-state index contributed by atoms with van der Waals surface area (Å²) in [5.41, 5.74) is 7.76. The van der Waals surface area contributed by atoms with Crippen LogP contribution in [-0.2, 0) is 26.8 Å². The maximum absolute atomic E-state index is 12.8. The number of fused-ring (bicyclic) bond motifs is 2. The highest BCUT2D eigenvalue weighted by atomic mass is 32.2. The van der Waals surface area contributed by atoms with E-state index in [1.807, 2.05) is 126 Å². The summed E-state index contributed by atoms with van der Waals surface area (Å²) in [5, 5.41) is -2.34. The lowest BCUT2D eigenvalue weighted by Crippen LogP contribution is -2.37. The molecule has 8 rings (SSSR count). The first-order valence-corrected chi connectivity index (χ1v) is 23.1. The van der Waals surface area contributed by atoms with Gasteiger partial charge in [0.1, 0.15) is 10.5 Å². The molecule has 1 aromatic heterocycles. The van der Waals surface area contributed by atoms with Crippen molar-refractivity contribution in [1.82, 2.24) is 0 Å². The number of allylic oxidation sites excluding steroid dienone is 2. The van der Waals surface area contributed by atoms with Crippen LogP contribution in [0.4, 0.5) is 5.69 Å². The molecule has 6 aromatic carbocycles. The number of ether oxygens (including phenoxy) is 1. The van der Waals surface area contributed by atoms with Crippen LogP contribution in [0.15, 0.2) is 180 Å². The zero-order valence-electron chi connectivity index (χ0n) is 33.4. The minimum Gasteiger partial charge on any atom is -0.439 e. The minimum absolute atomic E-state index is 0.0629. The molecule has 0 spiro atoms. The van der Waals surface area contributed by atoms with E-state index in [0.29, 0.717) is 40.7 Å². The number of hydrogen-bond acceptors (Lipinski definition) is 7. The lowest BCUT2D eigenvalue weighted by molar-refractivity contribution is -0.678. The molecular weight excluding hydrogens is 809 g/mol. The van der Waals surface area contributed by atoms with E-state index in [2.05, 4.69) is 0 Å². The monoisotopic (exact) mass is 853 g/mol. The lowest BCUT2D eigenvalue weighted by Gasteiger charge is -2.22. The fraction of sp³-hybridized carbons (Fsp3) is 0.163. The fourth-order valence-electron chi connectivity index (χ4n) is 7.86. The molecular formula is C49H45N2O8S2+. The fourth-order valence-corrected chi connectivity index (χ4v) is 9.67. The molecule has 0 fully saturated rings. The van der Waals surface area contributed by atoms with E-state index in [-0.39, 0.29) is 25.9 Å². The predicted molar refractivity (Wildman–Crippen MR) is 239 cm³/mol. The van der Waals surface area contributed by atoms with Gasteiger partial charge in [-0.3, -0.25) is 9.11 Å². The van der Waals surface area contributed by atoms with E-state index in [9.17, 15) is 25.9 Å². The van der Waals surface area contributed by atoms with Gasteiger partial charge in [0.05, 0.1) is 11.8 Å². The lowest BCUT2D eigenvalue weighted by atomic mass is 10.0. The third kappa shape index (κ3) is 9.38. The number of hydrogen-bond donors (Lipinski definition) is 2. The summed E-state index contributed by atoms with van der Waals surface area (Å²) in [6.45, 7) is 2.38. The summed E-state index contributed by atoms with van der Waals surface area (Å²) in [5.74, 6) is 1.51. The van der Waals surface area contributed by atoms with Gasteiger partial charge in [0, 0.05) is 25.1 Å². The highest BCUT2D eigenvalue weighted by Gasteiger charge is 2.33. The molecule has 2 heterocycles. The molecule has 2 unspecified atom stereocenters. The average molecular weight is 854 g/mol. The van der Waals surface area contributed by atoms with E-state index in [1.54, 1.807) is 60.7 Å². The zero-order valence-corrected chi connectivity index (χ0v) is 35.0. The first-order chi connectivity index (χ1) is 29.5. The molecule has 2 atom stereocenters. The molecule has 0 bridgehead atoms. The summed E-state index contributed by atoms with van der Waals surface area (Å²) < 4.78 is 86.9. The van der Waals surface area contributed by atoms with Crippen LogP contribution in [0.25, 0.3) is 39.4 Å². The Morgan fingerprint density at radius 2 is 1.18 bits per heavy atom. The maximum Gasteiger partial charge on any atom is 0.374 e. The quantitative estimate of drug-likeness (QED) is 0.0762. The third-order valence-corrected chi connectivity index (χ3v) is 13.4. The van der Waals surface area contributed by atoms with Crippen molar-refractivity contribution in [3.8, 4) is 28.0 Å². The summed E-state index contributed by atoms with van der Waals surface area (Å²) in [6, 6.07) is 49.0. The van der Waals surface area contributed by atoms with Gasteiger partial charge < -0.3 is 14.1 Å². The molecule has 1 aliphatic heterocycles. The Morgan fingerprint density at radius 1 is 0.656 bits per heavy atom. The topological polar surface area (TPSA) is 138 Å². The Morgan fingerprint density at radius 3 is 1.74 bits per heavy atom. The average Bonchev–Trinajstić information content (AvgIpc) is 3.79. The van der Waals surface area contributed by atoms with Crippen LogP contribution in [-0.4, -0.2) is 32.5 Å². The van der Waals surface area contributed by atoms with Gasteiger partial charge in [-0.25, -0.2) is 0 Å². The van der Waals surface area contributed by atoms with Crippen LogP contribution in [0.2, 0.25) is 0 Å². The standard InChI is InChI=1S/C49H44N2O8S2/c1-2-35(31-48-50(29-27-46(60(52,53)54)38-19-11-5-12-20-38)42-33-40(23-25-44(42)58-48)36-15-7-3-8-16-36)32-49-51(30-28-47(61(55,56)57)39-21-13-6-14-22-39)43-34-41(24-26-45(43)59-49)37-17-9-4-10-18-37/h3-26,31-34,46-47H,2,27-30H2,1H3,(H-,52,53,54,55,56,57)/p+1. The number of anilines is 1. The van der Waals surface area contributed by atoms with Crippen molar-refractivity contribution in [2.24, 2.45) is 0 Å². The van der Waals surface area contributed by atoms with Gasteiger partial charge in [-0.1, -0.05) is 140 Å². The Balaban J connectivity index is 1.21. The van der Waals surface area contributed by atoms with Gasteiger partial charge in [0.2, 0.25) is 11.5 Å². The number of rotatable bonds is 15. The molecule has 10 nitrogen and oxygen atoms in total. The highest BCUT2D eigenvalue weighted by Crippen LogP contribution is 2.43. The van der Waals surface area contributed by atoms with Crippen molar-refractivity contribution in [2.75, 3.05) is 11.4 Å². The van der Waals surface area contributed by atoms with Crippen LogP contribution in [0.5, 0.6) is 5.75 Å². The van der Waals surface area contributed by atoms with Crippen molar-refractivity contribution < 1.29 is 39.7 Å². The molecule has 0 aliphatic carbocycles. The molecule has 310 valence electrons. The molecule has 7 aromatic rings. The van der Waals surface area contributed by atoms with Gasteiger partial charge >= 0.3 is 5.89 Å². The number of aryl methyl sites for hydroxylation is 1. The molecule has 0 saturated carbocycles. The second kappa shape index (κ2) is 17.7. The SMILES string of the molecule is CCC(=C/c1oc2ccc(-c3ccccc3)cc2[n+]1CCC(c1ccccc1)S(=O)(=O)O)/C=C1/Oc2ccc(-c3ccccc3)cc2N1CCC(c1ccccc1)S(=O)(=O)O. The van der Waals surface area contributed by atoms with Crippen LogP contribution >= 0.6 is 0 Å². The van der Waals surface area contributed by atoms with E-state index in [4.69, 9.17) is 9.15 Å². The highest BCUT2D eigenvalue weighted by molar-refractivity contribution is 7.86. The maximum atomic E-state index is 12.8. The van der Waals surface area contributed by atoms with Crippen molar-refractivity contribution in [3.05, 3.63) is 192 Å². The van der Waals surface area contributed by atoms with E-state index in [1.165, 1.54) is 0 Å². The summed E-state index contributed by atoms with van der Waals surface area (Å²) >= 11 is 0. The van der Waals surface area contributed by atoms with E-state index in [0.717, 1.165) is 39.0 Å². The van der Waals surface area contributed by atoms with Crippen molar-refractivity contribution >= 4 is 43.1 Å². The first kappa shape index (κ1) is 41.4. The van der Waals surface area contributed by atoms with Gasteiger partial charge in [-0.15, -0.1) is 0 Å². The normalized spacial score (nSPS) is 14.8. The van der Waals surface area contributed by atoms with Crippen molar-refractivity contribution in [2.45, 2.75) is 43.2 Å². The summed E-state index contributed by atoms with van der Waals surface area (Å²) in [7, 11) is -8.94. The van der Waals surface area contributed by atoms with Crippen LogP contribution in [0.1, 0.15) is 53.7 Å². The second-order valence-corrected chi connectivity index (χ2v) is 18.1. The molecule has 61 heavy (non-hydrogen) atoms. The Kier molecular flexibility index (Phi) is 12.0. The smallest absolute Gasteiger partial charge is 0.374 e.